The van der Waals surface area contributed by atoms with Gasteiger partial charge in [0.1, 0.15) is 12.0 Å². The Balaban J connectivity index is 1.44. The molecule has 2 atom stereocenters. The van der Waals surface area contributed by atoms with Crippen LogP contribution >= 0.6 is 34.7 Å². The van der Waals surface area contributed by atoms with Gasteiger partial charge in [0, 0.05) is 27.1 Å². The molecule has 0 bridgehead atoms. The number of hydrogen-bond donors (Lipinski definition) is 1. The molecule has 1 aliphatic rings. The van der Waals surface area contributed by atoms with Crippen LogP contribution in [0.25, 0.3) is 0 Å². The summed E-state index contributed by atoms with van der Waals surface area (Å²) in [5.41, 5.74) is 4.84. The van der Waals surface area contributed by atoms with Gasteiger partial charge in [-0.1, -0.05) is 59.3 Å². The maximum absolute atomic E-state index is 13.6. The molecule has 5 rings (SSSR count). The van der Waals surface area contributed by atoms with Gasteiger partial charge in [-0.3, -0.25) is 4.79 Å². The summed E-state index contributed by atoms with van der Waals surface area (Å²) in [7, 11) is 0. The number of benzene rings is 2. The molecule has 1 aliphatic heterocycles. The van der Waals surface area contributed by atoms with Crippen LogP contribution in [0.2, 0.25) is 5.02 Å². The molecule has 0 saturated carbocycles. The van der Waals surface area contributed by atoms with Gasteiger partial charge < -0.3 is 5.32 Å². The number of aliphatic imine (C=N–C) groups is 1. The molecule has 3 heterocycles. The van der Waals surface area contributed by atoms with E-state index in [1.165, 1.54) is 11.8 Å². The second-order valence-corrected chi connectivity index (χ2v) is 10.9. The fourth-order valence-corrected chi connectivity index (χ4v) is 5.94. The van der Waals surface area contributed by atoms with Gasteiger partial charge in [-0.15, -0.1) is 16.4 Å². The van der Waals surface area contributed by atoms with Crippen LogP contribution in [0.4, 0.5) is 11.6 Å². The Labute approximate surface area is 217 Å². The Morgan fingerprint density at radius 2 is 1.94 bits per heavy atom. The maximum atomic E-state index is 13.6. The third kappa shape index (κ3) is 5.05. The van der Waals surface area contributed by atoms with E-state index in [1.807, 2.05) is 74.7 Å². The monoisotopic (exact) mass is 521 g/mol. The fourth-order valence-electron chi connectivity index (χ4n) is 4.19. The van der Waals surface area contributed by atoms with Gasteiger partial charge in [-0.05, 0) is 61.5 Å². The van der Waals surface area contributed by atoms with Gasteiger partial charge in [0.15, 0.2) is 0 Å². The van der Waals surface area contributed by atoms with E-state index in [0.717, 1.165) is 33.0 Å². The molecule has 2 aromatic heterocycles. The molecule has 0 saturated heterocycles. The summed E-state index contributed by atoms with van der Waals surface area (Å²) in [5, 5.41) is 11.3. The molecule has 1 amide bonds. The summed E-state index contributed by atoms with van der Waals surface area (Å²) < 4.78 is 1.80. The second-order valence-electron chi connectivity index (χ2n) is 8.55. The molecule has 2 unspecified atom stereocenters. The fraction of sp³-hybridized carbons (Fsp3) is 0.231. The van der Waals surface area contributed by atoms with Crippen LogP contribution in [-0.4, -0.2) is 26.4 Å². The molecule has 6 nitrogen and oxygen atoms in total. The number of fused-ring (bicyclic) bond motifs is 1. The number of carbonyl (C=O) groups excluding carboxylic acids is 1. The average Bonchev–Trinajstić information content (AvgIpc) is 3.49. The molecule has 0 aliphatic carbocycles. The standard InChI is InChI=1S/C26H24ClN5OS2/c1-15-6-11-20(16(2)13-15)29-24(33)22-17(3)28-25-30-26(35-14-18-7-9-19(27)10-8-18)31-32(25)23(22)21-5-4-12-34-21/h4-13,22-23H,14H2,1-3H3,(H,29,33). The lowest BCUT2D eigenvalue weighted by molar-refractivity contribution is -0.118. The number of nitrogens with zero attached hydrogens (tertiary/aromatic N) is 4. The van der Waals surface area contributed by atoms with Crippen LogP contribution < -0.4 is 5.32 Å². The number of aryl methyl sites for hydroxylation is 2. The summed E-state index contributed by atoms with van der Waals surface area (Å²) in [6.45, 7) is 5.94. The first-order chi connectivity index (χ1) is 16.9. The van der Waals surface area contributed by atoms with Gasteiger partial charge in [-0.2, -0.15) is 4.98 Å². The predicted molar refractivity (Wildman–Crippen MR) is 144 cm³/mol. The zero-order valence-corrected chi connectivity index (χ0v) is 21.9. The van der Waals surface area contributed by atoms with Crippen molar-refractivity contribution in [2.24, 2.45) is 10.9 Å². The zero-order valence-electron chi connectivity index (χ0n) is 19.5. The van der Waals surface area contributed by atoms with Gasteiger partial charge in [0.2, 0.25) is 17.0 Å². The van der Waals surface area contributed by atoms with Crippen molar-refractivity contribution >= 4 is 58.0 Å². The number of aromatic nitrogens is 3. The molecule has 9 heteroatoms. The van der Waals surface area contributed by atoms with Crippen molar-refractivity contribution in [3.8, 4) is 0 Å². The average molecular weight is 522 g/mol. The van der Waals surface area contributed by atoms with Crippen molar-refractivity contribution in [3.63, 3.8) is 0 Å². The molecule has 1 N–H and O–H groups in total. The van der Waals surface area contributed by atoms with E-state index in [9.17, 15) is 4.79 Å². The van der Waals surface area contributed by atoms with Crippen LogP contribution in [0.1, 0.15) is 34.5 Å². The number of nitrogens with one attached hydrogen (secondary N) is 1. The lowest BCUT2D eigenvalue weighted by atomic mass is 9.91. The number of anilines is 1. The molecule has 35 heavy (non-hydrogen) atoms. The van der Waals surface area contributed by atoms with Crippen LogP contribution in [0.3, 0.4) is 0 Å². The number of carbonyl (C=O) groups is 1. The number of thioether (sulfide) groups is 1. The summed E-state index contributed by atoms with van der Waals surface area (Å²) >= 11 is 9.14. The van der Waals surface area contributed by atoms with Gasteiger partial charge >= 0.3 is 0 Å². The molecule has 2 aromatic carbocycles. The Kier molecular flexibility index (Phi) is 6.77. The highest BCUT2D eigenvalue weighted by Crippen LogP contribution is 2.39. The molecular weight excluding hydrogens is 498 g/mol. The van der Waals surface area contributed by atoms with E-state index in [1.54, 1.807) is 16.0 Å². The molecule has 178 valence electrons. The van der Waals surface area contributed by atoms with Gasteiger partial charge in [-0.25, -0.2) is 9.67 Å². The predicted octanol–water partition coefficient (Wildman–Crippen LogP) is 6.85. The van der Waals surface area contributed by atoms with Crippen molar-refractivity contribution in [2.45, 2.75) is 37.7 Å². The van der Waals surface area contributed by atoms with Crippen molar-refractivity contribution in [1.29, 1.82) is 0 Å². The molecule has 0 spiro atoms. The molecule has 0 radical (unpaired) electrons. The summed E-state index contributed by atoms with van der Waals surface area (Å²) in [5.74, 6) is 0.629. The van der Waals surface area contributed by atoms with E-state index in [4.69, 9.17) is 21.7 Å². The lowest BCUT2D eigenvalue weighted by Gasteiger charge is -2.29. The van der Waals surface area contributed by atoms with Gasteiger partial charge in [0.25, 0.3) is 0 Å². The largest absolute Gasteiger partial charge is 0.325 e. The first-order valence-electron chi connectivity index (χ1n) is 11.2. The van der Waals surface area contributed by atoms with Crippen LogP contribution in [0, 0.1) is 19.8 Å². The third-order valence-corrected chi connectivity index (χ3v) is 8.04. The Hall–Kier alpha value is -2.94. The Morgan fingerprint density at radius 3 is 2.66 bits per heavy atom. The Bertz CT molecular complexity index is 1400. The minimum Gasteiger partial charge on any atom is -0.325 e. The quantitative estimate of drug-likeness (QED) is 0.281. The van der Waals surface area contributed by atoms with Crippen LogP contribution in [-0.2, 0) is 10.5 Å². The summed E-state index contributed by atoms with van der Waals surface area (Å²) in [4.78, 5) is 24.0. The van der Waals surface area contributed by atoms with Crippen molar-refractivity contribution < 1.29 is 4.79 Å². The van der Waals surface area contributed by atoms with E-state index in [-0.39, 0.29) is 11.9 Å². The van der Waals surface area contributed by atoms with Crippen molar-refractivity contribution in [2.75, 3.05) is 5.32 Å². The van der Waals surface area contributed by atoms with Crippen LogP contribution in [0.15, 0.2) is 70.1 Å². The second kappa shape index (κ2) is 9.97. The molecular formula is C26H24ClN5OS2. The van der Waals surface area contributed by atoms with E-state index < -0.39 is 5.92 Å². The van der Waals surface area contributed by atoms with Crippen molar-refractivity contribution in [1.82, 2.24) is 14.8 Å². The number of halogens is 1. The number of hydrogen-bond acceptors (Lipinski definition) is 6. The van der Waals surface area contributed by atoms with E-state index in [2.05, 4.69) is 16.4 Å². The number of rotatable bonds is 6. The van der Waals surface area contributed by atoms with Gasteiger partial charge in [0.05, 0.1) is 0 Å². The minimum absolute atomic E-state index is 0.104. The minimum atomic E-state index is -0.502. The first kappa shape index (κ1) is 23.8. The third-order valence-electron chi connectivity index (χ3n) is 5.94. The number of thiophene rings is 1. The summed E-state index contributed by atoms with van der Waals surface area (Å²) in [6.07, 6.45) is 0. The highest BCUT2D eigenvalue weighted by Gasteiger charge is 2.40. The zero-order chi connectivity index (χ0) is 24.5. The Morgan fingerprint density at radius 1 is 1.14 bits per heavy atom. The highest BCUT2D eigenvalue weighted by atomic mass is 35.5. The normalized spacial score (nSPS) is 17.1. The van der Waals surface area contributed by atoms with Crippen LogP contribution in [0.5, 0.6) is 0 Å². The first-order valence-corrected chi connectivity index (χ1v) is 13.4. The number of amides is 1. The van der Waals surface area contributed by atoms with E-state index >= 15 is 0 Å². The maximum Gasteiger partial charge on any atom is 0.249 e. The SMILES string of the molecule is CC1=Nc2nc(SCc3ccc(Cl)cc3)nn2C(c2cccs2)C1C(=O)Nc1ccc(C)cc1C. The highest BCUT2D eigenvalue weighted by molar-refractivity contribution is 7.98. The van der Waals surface area contributed by atoms with E-state index in [0.29, 0.717) is 21.9 Å². The smallest absolute Gasteiger partial charge is 0.249 e. The summed E-state index contributed by atoms with van der Waals surface area (Å²) in [6, 6.07) is 17.5. The van der Waals surface area contributed by atoms with Crippen molar-refractivity contribution in [3.05, 3.63) is 86.6 Å². The topological polar surface area (TPSA) is 72.2 Å². The molecule has 4 aromatic rings. The molecule has 0 fully saturated rings. The lowest BCUT2D eigenvalue weighted by Crippen LogP contribution is -2.38.